The molecule has 1 N–H and O–H groups in total. The summed E-state index contributed by atoms with van der Waals surface area (Å²) >= 11 is 0. The van der Waals surface area contributed by atoms with Gasteiger partial charge >= 0.3 is 0 Å². The summed E-state index contributed by atoms with van der Waals surface area (Å²) in [5, 5.41) is 9.91. The van der Waals surface area contributed by atoms with Crippen molar-refractivity contribution >= 4 is 0 Å². The molecule has 100 valence electrons. The van der Waals surface area contributed by atoms with E-state index in [1.54, 1.807) is 0 Å². The molecule has 2 fully saturated rings. The van der Waals surface area contributed by atoms with Crippen molar-refractivity contribution in [3.05, 3.63) is 0 Å². The maximum atomic E-state index is 9.91. The molecular weight excluding hydrogens is 216 g/mol. The van der Waals surface area contributed by atoms with Crippen LogP contribution < -0.4 is 0 Å². The number of ether oxygens (including phenoxy) is 1. The number of aliphatic hydroxyl groups is 1. The second-order valence-corrected chi connectivity index (χ2v) is 5.69. The van der Waals surface area contributed by atoms with Crippen molar-refractivity contribution in [3.63, 3.8) is 0 Å². The van der Waals surface area contributed by atoms with Crippen LogP contribution in [0, 0.1) is 5.92 Å². The van der Waals surface area contributed by atoms with Crippen molar-refractivity contribution in [1.82, 2.24) is 9.80 Å². The minimum Gasteiger partial charge on any atom is -0.393 e. The monoisotopic (exact) mass is 242 g/mol. The zero-order valence-electron chi connectivity index (χ0n) is 11.1. The van der Waals surface area contributed by atoms with E-state index in [0.29, 0.717) is 25.2 Å². The molecule has 0 bridgehead atoms. The highest BCUT2D eigenvalue weighted by molar-refractivity contribution is 4.81. The van der Waals surface area contributed by atoms with Gasteiger partial charge in [-0.25, -0.2) is 0 Å². The number of likely N-dealkylation sites (N-methyl/N-ethyl adjacent to an activating group) is 2. The van der Waals surface area contributed by atoms with E-state index >= 15 is 0 Å². The maximum Gasteiger partial charge on any atom is 0.0624 e. The van der Waals surface area contributed by atoms with Crippen molar-refractivity contribution in [2.75, 3.05) is 46.9 Å². The summed E-state index contributed by atoms with van der Waals surface area (Å²) in [5.74, 6) is 0.292. The van der Waals surface area contributed by atoms with E-state index in [4.69, 9.17) is 4.74 Å². The van der Waals surface area contributed by atoms with Gasteiger partial charge in [0.1, 0.15) is 0 Å². The number of aliphatic hydroxyl groups excluding tert-OH is 1. The van der Waals surface area contributed by atoms with Crippen LogP contribution >= 0.6 is 0 Å². The van der Waals surface area contributed by atoms with Gasteiger partial charge in [-0.15, -0.1) is 0 Å². The van der Waals surface area contributed by atoms with Crippen LogP contribution in [0.3, 0.4) is 0 Å². The number of hydrogen-bond donors (Lipinski definition) is 1. The normalized spacial score (nSPS) is 35.6. The minimum atomic E-state index is -0.174. The van der Waals surface area contributed by atoms with Gasteiger partial charge in [-0.2, -0.15) is 0 Å². The van der Waals surface area contributed by atoms with Crippen LogP contribution in [0.2, 0.25) is 0 Å². The fourth-order valence-corrected chi connectivity index (χ4v) is 3.00. The number of rotatable bonds is 4. The maximum absolute atomic E-state index is 9.91. The van der Waals surface area contributed by atoms with E-state index in [1.165, 1.54) is 19.4 Å². The highest BCUT2D eigenvalue weighted by Crippen LogP contribution is 2.18. The summed E-state index contributed by atoms with van der Waals surface area (Å²) in [5.41, 5.74) is 0. The number of nitrogens with zero attached hydrogens (tertiary/aromatic N) is 2. The summed E-state index contributed by atoms with van der Waals surface area (Å²) < 4.78 is 5.45. The molecule has 17 heavy (non-hydrogen) atoms. The van der Waals surface area contributed by atoms with E-state index in [-0.39, 0.29) is 6.10 Å². The minimum absolute atomic E-state index is 0.174. The lowest BCUT2D eigenvalue weighted by Crippen LogP contribution is -2.43. The second kappa shape index (κ2) is 6.14. The van der Waals surface area contributed by atoms with E-state index in [2.05, 4.69) is 23.9 Å². The zero-order valence-corrected chi connectivity index (χ0v) is 11.1. The first-order valence-electron chi connectivity index (χ1n) is 6.81. The number of hydrogen-bond acceptors (Lipinski definition) is 4. The molecule has 0 aliphatic carbocycles. The molecule has 4 nitrogen and oxygen atoms in total. The smallest absolute Gasteiger partial charge is 0.0624 e. The molecule has 2 saturated heterocycles. The largest absolute Gasteiger partial charge is 0.393 e. The molecule has 2 heterocycles. The predicted octanol–water partition coefficient (Wildman–Crippen LogP) is 0.410. The van der Waals surface area contributed by atoms with Crippen molar-refractivity contribution in [1.29, 1.82) is 0 Å². The van der Waals surface area contributed by atoms with Crippen LogP contribution in [0.4, 0.5) is 0 Å². The molecule has 2 aliphatic rings. The Morgan fingerprint density at radius 1 is 1.35 bits per heavy atom. The Kier molecular flexibility index (Phi) is 4.79. The molecule has 0 amide bonds. The molecule has 0 radical (unpaired) electrons. The van der Waals surface area contributed by atoms with Gasteiger partial charge in [-0.1, -0.05) is 0 Å². The molecule has 0 aromatic rings. The van der Waals surface area contributed by atoms with E-state index in [1.807, 2.05) is 0 Å². The lowest BCUT2D eigenvalue weighted by atomic mass is 9.98. The van der Waals surface area contributed by atoms with Crippen molar-refractivity contribution in [2.45, 2.75) is 31.4 Å². The first-order valence-corrected chi connectivity index (χ1v) is 6.81. The van der Waals surface area contributed by atoms with Crippen molar-refractivity contribution in [2.24, 2.45) is 5.92 Å². The molecular formula is C13H26N2O2. The molecule has 0 saturated carbocycles. The zero-order chi connectivity index (χ0) is 12.3. The first kappa shape index (κ1) is 13.3. The second-order valence-electron chi connectivity index (χ2n) is 5.69. The van der Waals surface area contributed by atoms with E-state index in [0.717, 1.165) is 19.5 Å². The Balaban J connectivity index is 1.74. The van der Waals surface area contributed by atoms with Gasteiger partial charge < -0.3 is 19.6 Å². The fraction of sp³-hybridized carbons (Fsp3) is 1.00. The Labute approximate surface area is 105 Å². The first-order chi connectivity index (χ1) is 8.16. The summed E-state index contributed by atoms with van der Waals surface area (Å²) in [4.78, 5) is 4.80. The molecule has 2 rings (SSSR count). The highest BCUT2D eigenvalue weighted by atomic mass is 16.5. The third-order valence-corrected chi connectivity index (χ3v) is 4.17. The lowest BCUT2D eigenvalue weighted by Gasteiger charge is -2.33. The summed E-state index contributed by atoms with van der Waals surface area (Å²) in [6, 6.07) is 0.696. The summed E-state index contributed by atoms with van der Waals surface area (Å²) in [6.45, 7) is 4.72. The topological polar surface area (TPSA) is 35.9 Å². The Morgan fingerprint density at radius 2 is 2.18 bits per heavy atom. The Bertz CT molecular complexity index is 237. The van der Waals surface area contributed by atoms with E-state index < -0.39 is 0 Å². The van der Waals surface area contributed by atoms with Gasteiger partial charge in [0.2, 0.25) is 0 Å². The molecule has 2 aliphatic heterocycles. The summed E-state index contributed by atoms with van der Waals surface area (Å²) in [6.07, 6.45) is 3.25. The molecule has 3 atom stereocenters. The molecule has 0 aromatic carbocycles. The van der Waals surface area contributed by atoms with Crippen LogP contribution in [-0.2, 0) is 4.74 Å². The predicted molar refractivity (Wildman–Crippen MR) is 68.1 cm³/mol. The Hall–Kier alpha value is -0.160. The van der Waals surface area contributed by atoms with Gasteiger partial charge in [-0.3, -0.25) is 0 Å². The van der Waals surface area contributed by atoms with Crippen LogP contribution in [0.1, 0.15) is 19.3 Å². The van der Waals surface area contributed by atoms with Gasteiger partial charge in [0.25, 0.3) is 0 Å². The molecule has 4 heteroatoms. The van der Waals surface area contributed by atoms with Gasteiger partial charge in [0.15, 0.2) is 0 Å². The number of likely N-dealkylation sites (tertiary alicyclic amines) is 1. The van der Waals surface area contributed by atoms with Crippen molar-refractivity contribution < 1.29 is 9.84 Å². The van der Waals surface area contributed by atoms with Crippen LogP contribution in [0.5, 0.6) is 0 Å². The summed E-state index contributed by atoms with van der Waals surface area (Å²) in [7, 11) is 4.37. The quantitative estimate of drug-likeness (QED) is 0.774. The average molecular weight is 242 g/mol. The molecule has 0 spiro atoms. The van der Waals surface area contributed by atoms with Gasteiger partial charge in [0, 0.05) is 31.7 Å². The lowest BCUT2D eigenvalue weighted by molar-refractivity contribution is -0.0455. The average Bonchev–Trinajstić information content (AvgIpc) is 2.68. The standard InChI is InChI=1S/C13H26N2O2/c1-14(9-12-4-3-6-15(12)2)8-11-10-17-7-5-13(11)16/h11-13,16H,3-10H2,1-2H3. The van der Waals surface area contributed by atoms with E-state index in [9.17, 15) is 5.11 Å². The highest BCUT2D eigenvalue weighted by Gasteiger charge is 2.27. The van der Waals surface area contributed by atoms with Gasteiger partial charge in [-0.05, 0) is 39.9 Å². The molecule has 3 unspecified atom stereocenters. The van der Waals surface area contributed by atoms with Crippen molar-refractivity contribution in [3.8, 4) is 0 Å². The van der Waals surface area contributed by atoms with Gasteiger partial charge in [0.05, 0.1) is 12.7 Å². The van der Waals surface area contributed by atoms with Crippen LogP contribution in [0.15, 0.2) is 0 Å². The third kappa shape index (κ3) is 3.65. The SMILES string of the molecule is CN(CC1COCCC1O)CC1CCCN1C. The molecule has 0 aromatic heterocycles. The fourth-order valence-electron chi connectivity index (χ4n) is 3.00. The third-order valence-electron chi connectivity index (χ3n) is 4.17. The van der Waals surface area contributed by atoms with Crippen LogP contribution in [0.25, 0.3) is 0 Å². The Morgan fingerprint density at radius 3 is 2.82 bits per heavy atom. The van der Waals surface area contributed by atoms with Crippen LogP contribution in [-0.4, -0.2) is 74.0 Å².